The minimum atomic E-state index is -1.50. The Hall–Kier alpha value is -1.11. The van der Waals surface area contributed by atoms with Crippen LogP contribution in [0.4, 0.5) is 0 Å². The molecule has 2 aromatic carbocycles. The Labute approximate surface area is 168 Å². The second-order valence-electron chi connectivity index (χ2n) is 5.02. The Balaban J connectivity index is 2.24. The van der Waals surface area contributed by atoms with Crippen molar-refractivity contribution < 1.29 is 9.59 Å². The zero-order valence-corrected chi connectivity index (χ0v) is 16.4. The van der Waals surface area contributed by atoms with Crippen molar-refractivity contribution >= 4 is 70.0 Å². The third kappa shape index (κ3) is 4.96. The van der Waals surface area contributed by atoms with E-state index < -0.39 is 19.1 Å². The third-order valence-corrected chi connectivity index (χ3v) is 6.05. The maximum Gasteiger partial charge on any atom is 0.248 e. The van der Waals surface area contributed by atoms with Crippen LogP contribution in [-0.2, 0) is 7.33 Å². The molecule has 0 aliphatic heterocycles. The van der Waals surface area contributed by atoms with Gasteiger partial charge in [0.05, 0.1) is 0 Å². The molecule has 0 radical (unpaired) electrons. The fraction of sp³-hybridized carbons (Fsp3) is 0.125. The largest absolute Gasteiger partial charge is 0.366 e. The van der Waals surface area contributed by atoms with Gasteiger partial charge in [0.25, 0.3) is 0 Å². The van der Waals surface area contributed by atoms with Crippen LogP contribution in [-0.4, -0.2) is 11.8 Å². The standard InChI is InChI=1S/C16H12Cl4N2O2S/c17-15(18,11-5-1-9(2-6-11)13(21)23)25-16(19,20)12-7-3-10(4-8-12)14(22)24/h1-8H,(H2,21,23)(H2,22,24). The van der Waals surface area contributed by atoms with Gasteiger partial charge in [0, 0.05) is 11.1 Å². The van der Waals surface area contributed by atoms with Crippen molar-refractivity contribution in [1.29, 1.82) is 0 Å². The molecule has 25 heavy (non-hydrogen) atoms. The van der Waals surface area contributed by atoms with E-state index in [1.165, 1.54) is 24.3 Å². The average Bonchev–Trinajstić information content (AvgIpc) is 2.54. The van der Waals surface area contributed by atoms with Crippen LogP contribution in [0.3, 0.4) is 0 Å². The number of carbonyl (C=O) groups is 2. The van der Waals surface area contributed by atoms with Gasteiger partial charge in [-0.2, -0.15) is 0 Å². The molecule has 0 unspecified atom stereocenters. The van der Waals surface area contributed by atoms with E-state index in [9.17, 15) is 9.59 Å². The van der Waals surface area contributed by atoms with Crippen LogP contribution in [0.5, 0.6) is 0 Å². The highest BCUT2D eigenvalue weighted by molar-refractivity contribution is 8.05. The highest BCUT2D eigenvalue weighted by Crippen LogP contribution is 2.58. The van der Waals surface area contributed by atoms with Gasteiger partial charge in [0.2, 0.25) is 11.8 Å². The second-order valence-corrected chi connectivity index (χ2v) is 10.00. The van der Waals surface area contributed by atoms with Gasteiger partial charge in [-0.1, -0.05) is 82.4 Å². The number of nitrogens with two attached hydrogens (primary N) is 2. The molecule has 0 aromatic heterocycles. The lowest BCUT2D eigenvalue weighted by atomic mass is 10.1. The number of thioether (sulfide) groups is 1. The van der Waals surface area contributed by atoms with Crippen molar-refractivity contribution in [1.82, 2.24) is 0 Å². The Kier molecular flexibility index (Phi) is 6.17. The van der Waals surface area contributed by atoms with Crippen LogP contribution in [0.15, 0.2) is 48.5 Å². The molecule has 0 saturated heterocycles. The van der Waals surface area contributed by atoms with Crippen LogP contribution >= 0.6 is 58.2 Å². The molecule has 9 heteroatoms. The summed E-state index contributed by atoms with van der Waals surface area (Å²) in [6.45, 7) is 0. The normalized spacial score (nSPS) is 12.0. The van der Waals surface area contributed by atoms with Crippen LogP contribution in [0.25, 0.3) is 0 Å². The number of primary amides is 2. The fourth-order valence-electron chi connectivity index (χ4n) is 1.94. The third-order valence-electron chi connectivity index (χ3n) is 3.27. The van der Waals surface area contributed by atoms with E-state index in [0.29, 0.717) is 22.3 Å². The van der Waals surface area contributed by atoms with Crippen molar-refractivity contribution in [2.45, 2.75) is 7.33 Å². The number of hydrogen-bond acceptors (Lipinski definition) is 3. The molecular weight excluding hydrogens is 426 g/mol. The molecule has 2 aromatic rings. The Morgan fingerprint density at radius 3 is 1.20 bits per heavy atom. The van der Waals surface area contributed by atoms with Gasteiger partial charge in [-0.05, 0) is 35.4 Å². The first-order chi connectivity index (χ1) is 11.5. The zero-order valence-electron chi connectivity index (χ0n) is 12.5. The Morgan fingerprint density at radius 1 is 0.680 bits per heavy atom. The highest BCUT2D eigenvalue weighted by Gasteiger charge is 2.40. The Morgan fingerprint density at radius 2 is 0.960 bits per heavy atom. The van der Waals surface area contributed by atoms with Crippen molar-refractivity contribution in [2.75, 3.05) is 0 Å². The first-order valence-electron chi connectivity index (χ1n) is 6.79. The second kappa shape index (κ2) is 7.64. The highest BCUT2D eigenvalue weighted by atomic mass is 35.5. The minimum Gasteiger partial charge on any atom is -0.366 e. The van der Waals surface area contributed by atoms with Gasteiger partial charge < -0.3 is 11.5 Å². The van der Waals surface area contributed by atoms with Gasteiger partial charge in [-0.15, -0.1) is 0 Å². The Bertz CT molecular complexity index is 725. The lowest BCUT2D eigenvalue weighted by Gasteiger charge is -2.28. The molecule has 2 rings (SSSR count). The SMILES string of the molecule is NC(=O)c1ccc(C(Cl)(Cl)SC(Cl)(Cl)c2ccc(C(N)=O)cc2)cc1. The molecule has 4 N–H and O–H groups in total. The summed E-state index contributed by atoms with van der Waals surface area (Å²) in [5.41, 5.74) is 12.0. The van der Waals surface area contributed by atoms with Crippen LogP contribution in [0, 0.1) is 0 Å². The van der Waals surface area contributed by atoms with Gasteiger partial charge in [-0.3, -0.25) is 9.59 Å². The van der Waals surface area contributed by atoms with Crippen molar-refractivity contribution in [3.05, 3.63) is 70.8 Å². The molecule has 0 spiro atoms. The van der Waals surface area contributed by atoms with E-state index >= 15 is 0 Å². The molecule has 0 bridgehead atoms. The first-order valence-corrected chi connectivity index (χ1v) is 9.12. The summed E-state index contributed by atoms with van der Waals surface area (Å²) in [6, 6.07) is 12.3. The zero-order chi connectivity index (χ0) is 18.8. The van der Waals surface area contributed by atoms with Crippen LogP contribution < -0.4 is 11.5 Å². The number of amides is 2. The van der Waals surface area contributed by atoms with Crippen molar-refractivity contribution in [3.8, 4) is 0 Å². The van der Waals surface area contributed by atoms with Gasteiger partial charge in [0.15, 0.2) is 7.33 Å². The number of benzene rings is 2. The summed E-state index contributed by atoms with van der Waals surface area (Å²) >= 11 is 26.4. The molecule has 0 heterocycles. The monoisotopic (exact) mass is 436 g/mol. The molecule has 2 amide bonds. The van der Waals surface area contributed by atoms with Crippen molar-refractivity contribution in [2.24, 2.45) is 11.5 Å². The number of halogens is 4. The smallest absolute Gasteiger partial charge is 0.248 e. The predicted octanol–water partition coefficient (Wildman–Crippen LogP) is 4.49. The molecular formula is C16H12Cl4N2O2S. The number of alkyl halides is 4. The summed E-state index contributed by atoms with van der Waals surface area (Å²) in [6.07, 6.45) is 0. The summed E-state index contributed by atoms with van der Waals surface area (Å²) in [7, 11) is 0. The van der Waals surface area contributed by atoms with E-state index in [-0.39, 0.29) is 0 Å². The predicted molar refractivity (Wildman–Crippen MR) is 104 cm³/mol. The van der Waals surface area contributed by atoms with Crippen molar-refractivity contribution in [3.63, 3.8) is 0 Å². The molecule has 0 saturated carbocycles. The number of rotatable bonds is 6. The van der Waals surface area contributed by atoms with Gasteiger partial charge in [0.1, 0.15) is 0 Å². The first kappa shape index (κ1) is 20.2. The molecule has 0 fully saturated rings. The number of hydrogen-bond donors (Lipinski definition) is 2. The topological polar surface area (TPSA) is 86.2 Å². The van der Waals surface area contributed by atoms with E-state index in [0.717, 1.165) is 11.8 Å². The summed E-state index contributed by atoms with van der Waals surface area (Å²) < 4.78 is -3.00. The molecule has 132 valence electrons. The lowest BCUT2D eigenvalue weighted by Crippen LogP contribution is -2.17. The molecule has 4 nitrogen and oxygen atoms in total. The van der Waals surface area contributed by atoms with Gasteiger partial charge >= 0.3 is 0 Å². The molecule has 0 atom stereocenters. The quantitative estimate of drug-likeness (QED) is 0.652. The van der Waals surface area contributed by atoms with E-state index in [4.69, 9.17) is 57.9 Å². The molecule has 0 aliphatic carbocycles. The minimum absolute atomic E-state index is 0.322. The fourth-order valence-corrected chi connectivity index (χ4v) is 5.13. The van der Waals surface area contributed by atoms with Gasteiger partial charge in [-0.25, -0.2) is 0 Å². The summed E-state index contributed by atoms with van der Waals surface area (Å²) in [5, 5.41) is 0. The van der Waals surface area contributed by atoms with E-state index in [1.54, 1.807) is 24.3 Å². The van der Waals surface area contributed by atoms with E-state index in [2.05, 4.69) is 0 Å². The lowest BCUT2D eigenvalue weighted by molar-refractivity contribution is 0.0992. The molecule has 0 aliphatic rings. The summed E-state index contributed by atoms with van der Waals surface area (Å²) in [5.74, 6) is -1.12. The maximum atomic E-state index is 11.1. The maximum absolute atomic E-state index is 11.1. The summed E-state index contributed by atoms with van der Waals surface area (Å²) in [4.78, 5) is 22.3. The van der Waals surface area contributed by atoms with Crippen LogP contribution in [0.1, 0.15) is 31.8 Å². The van der Waals surface area contributed by atoms with Crippen LogP contribution in [0.2, 0.25) is 0 Å². The van der Waals surface area contributed by atoms with E-state index in [1.807, 2.05) is 0 Å². The average molecular weight is 438 g/mol. The number of carbonyl (C=O) groups excluding carboxylic acids is 2.